The van der Waals surface area contributed by atoms with Crippen LogP contribution in [0.4, 0.5) is 0 Å². The quantitative estimate of drug-likeness (QED) is 0.568. The monoisotopic (exact) mass is 267 g/mol. The molecular formula is C11H10BrNS. The Balaban J connectivity index is 0.000000750. The van der Waals surface area contributed by atoms with Crippen molar-refractivity contribution < 1.29 is 21.5 Å². The Morgan fingerprint density at radius 1 is 1.07 bits per heavy atom. The fourth-order valence-corrected chi connectivity index (χ4v) is 2.83. The number of para-hydroxylation sites is 1. The molecule has 0 saturated carbocycles. The van der Waals surface area contributed by atoms with E-state index in [2.05, 4.69) is 41.0 Å². The average Bonchev–Trinajstić information content (AvgIpc) is 2.65. The molecule has 0 atom stereocenters. The molecule has 2 aromatic rings. The van der Waals surface area contributed by atoms with Crippen molar-refractivity contribution in [2.45, 2.75) is 11.6 Å². The van der Waals surface area contributed by atoms with Crippen LogP contribution in [-0.2, 0) is 6.54 Å². The van der Waals surface area contributed by atoms with Crippen molar-refractivity contribution in [3.63, 3.8) is 0 Å². The molecule has 1 aliphatic heterocycles. The summed E-state index contributed by atoms with van der Waals surface area (Å²) >= 11 is 1.95. The summed E-state index contributed by atoms with van der Waals surface area (Å²) in [5.41, 5.74) is 1.37. The lowest BCUT2D eigenvalue weighted by Gasteiger charge is -1.96. The molecule has 72 valence electrons. The van der Waals surface area contributed by atoms with Crippen molar-refractivity contribution in [3.05, 3.63) is 36.4 Å². The van der Waals surface area contributed by atoms with Gasteiger partial charge in [0.15, 0.2) is 6.54 Å². The highest BCUT2D eigenvalue weighted by Crippen LogP contribution is 2.22. The number of rotatable bonds is 0. The molecule has 0 amide bonds. The number of thioether (sulfide) groups is 1. The average molecular weight is 268 g/mol. The third-order valence-corrected chi connectivity index (χ3v) is 3.50. The number of fused-ring (bicyclic) bond motifs is 3. The summed E-state index contributed by atoms with van der Waals surface area (Å²) in [7, 11) is 0. The summed E-state index contributed by atoms with van der Waals surface area (Å²) < 4.78 is 2.40. The maximum atomic E-state index is 2.40. The van der Waals surface area contributed by atoms with Crippen molar-refractivity contribution in [2.24, 2.45) is 0 Å². The zero-order chi connectivity index (χ0) is 8.67. The standard InChI is InChI=1S/C11H10NS.BrH/c1-2-4-10-9(3-1)5-6-11-12(10)7-8-13-11;/h1-6H,7-8H2;1H/q+1;/p-1. The first-order chi connectivity index (χ1) is 6.45. The van der Waals surface area contributed by atoms with Gasteiger partial charge in [0.25, 0.3) is 0 Å². The smallest absolute Gasteiger partial charge is 0.240 e. The largest absolute Gasteiger partial charge is 1.00 e. The van der Waals surface area contributed by atoms with Gasteiger partial charge in [-0.2, -0.15) is 4.57 Å². The van der Waals surface area contributed by atoms with Crippen LogP contribution < -0.4 is 21.5 Å². The molecule has 1 aromatic carbocycles. The maximum Gasteiger partial charge on any atom is 0.240 e. The van der Waals surface area contributed by atoms with Crippen molar-refractivity contribution in [3.8, 4) is 0 Å². The van der Waals surface area contributed by atoms with Crippen LogP contribution in [0.15, 0.2) is 41.4 Å². The van der Waals surface area contributed by atoms with Crippen LogP contribution in [0.5, 0.6) is 0 Å². The number of aromatic nitrogens is 1. The molecular weight excluding hydrogens is 258 g/mol. The van der Waals surface area contributed by atoms with Gasteiger partial charge in [-0.05, 0) is 12.1 Å². The van der Waals surface area contributed by atoms with Crippen LogP contribution >= 0.6 is 11.8 Å². The van der Waals surface area contributed by atoms with Gasteiger partial charge in [0.05, 0.1) is 5.75 Å². The van der Waals surface area contributed by atoms with Crippen LogP contribution in [0.1, 0.15) is 0 Å². The van der Waals surface area contributed by atoms with E-state index < -0.39 is 0 Å². The van der Waals surface area contributed by atoms with E-state index in [-0.39, 0.29) is 17.0 Å². The van der Waals surface area contributed by atoms with Crippen LogP contribution in [0.2, 0.25) is 0 Å². The molecule has 3 rings (SSSR count). The van der Waals surface area contributed by atoms with E-state index in [0.717, 1.165) is 6.54 Å². The number of nitrogens with zero attached hydrogens (tertiary/aromatic N) is 1. The number of hydrogen-bond acceptors (Lipinski definition) is 1. The highest BCUT2D eigenvalue weighted by atomic mass is 79.9. The summed E-state index contributed by atoms with van der Waals surface area (Å²) in [6.07, 6.45) is 0. The fraction of sp³-hybridized carbons (Fsp3) is 0.182. The molecule has 14 heavy (non-hydrogen) atoms. The summed E-state index contributed by atoms with van der Waals surface area (Å²) in [5, 5.41) is 2.74. The van der Waals surface area contributed by atoms with Gasteiger partial charge in [-0.1, -0.05) is 23.9 Å². The lowest BCUT2D eigenvalue weighted by atomic mass is 10.2. The van der Waals surface area contributed by atoms with Gasteiger partial charge in [0, 0.05) is 17.5 Å². The molecule has 2 heterocycles. The Morgan fingerprint density at radius 3 is 2.86 bits per heavy atom. The van der Waals surface area contributed by atoms with E-state index in [1.54, 1.807) is 0 Å². The van der Waals surface area contributed by atoms with Gasteiger partial charge in [-0.15, -0.1) is 0 Å². The molecule has 0 spiro atoms. The van der Waals surface area contributed by atoms with Crippen molar-refractivity contribution >= 4 is 22.7 Å². The molecule has 0 saturated heterocycles. The van der Waals surface area contributed by atoms with Gasteiger partial charge in [-0.3, -0.25) is 0 Å². The van der Waals surface area contributed by atoms with Crippen molar-refractivity contribution in [2.75, 3.05) is 5.75 Å². The van der Waals surface area contributed by atoms with Gasteiger partial charge >= 0.3 is 0 Å². The Hall–Kier alpha value is -0.540. The van der Waals surface area contributed by atoms with Gasteiger partial charge in [0.2, 0.25) is 10.5 Å². The summed E-state index contributed by atoms with van der Waals surface area (Å²) in [5.74, 6) is 1.22. The van der Waals surface area contributed by atoms with Gasteiger partial charge in [-0.25, -0.2) is 0 Å². The van der Waals surface area contributed by atoms with E-state index >= 15 is 0 Å². The molecule has 0 aliphatic carbocycles. The SMILES string of the molecule is [Br-].c1ccc2c(c1)ccc1[n+]2CCS1. The van der Waals surface area contributed by atoms with Crippen LogP contribution in [-0.4, -0.2) is 5.75 Å². The predicted molar refractivity (Wildman–Crippen MR) is 54.9 cm³/mol. The van der Waals surface area contributed by atoms with Crippen LogP contribution in [0.25, 0.3) is 10.9 Å². The Labute approximate surface area is 97.9 Å². The zero-order valence-electron chi connectivity index (χ0n) is 7.61. The van der Waals surface area contributed by atoms with Crippen LogP contribution in [0.3, 0.4) is 0 Å². The van der Waals surface area contributed by atoms with Gasteiger partial charge in [0.1, 0.15) is 0 Å². The summed E-state index contributed by atoms with van der Waals surface area (Å²) in [4.78, 5) is 0. The molecule has 0 fully saturated rings. The van der Waals surface area contributed by atoms with E-state index in [1.165, 1.54) is 21.7 Å². The Morgan fingerprint density at radius 2 is 1.93 bits per heavy atom. The van der Waals surface area contributed by atoms with Crippen LogP contribution in [0, 0.1) is 0 Å². The predicted octanol–water partition coefficient (Wildman–Crippen LogP) is -0.763. The topological polar surface area (TPSA) is 3.88 Å². The van der Waals surface area contributed by atoms with E-state index in [1.807, 2.05) is 11.8 Å². The maximum absolute atomic E-state index is 2.40. The summed E-state index contributed by atoms with van der Waals surface area (Å²) in [6, 6.07) is 13.0. The fourth-order valence-electron chi connectivity index (χ4n) is 1.84. The lowest BCUT2D eigenvalue weighted by Crippen LogP contribution is -3.00. The van der Waals surface area contributed by atoms with E-state index in [0.29, 0.717) is 0 Å². The number of hydrogen-bond donors (Lipinski definition) is 0. The first-order valence-electron chi connectivity index (χ1n) is 4.49. The number of aryl methyl sites for hydroxylation is 1. The second-order valence-corrected chi connectivity index (χ2v) is 4.35. The first kappa shape index (κ1) is 9.99. The van der Waals surface area contributed by atoms with E-state index in [9.17, 15) is 0 Å². The normalized spacial score (nSPS) is 13.7. The molecule has 1 aromatic heterocycles. The van der Waals surface area contributed by atoms with Crippen molar-refractivity contribution in [1.82, 2.24) is 0 Å². The molecule has 3 heteroatoms. The minimum atomic E-state index is 0. The lowest BCUT2D eigenvalue weighted by molar-refractivity contribution is -0.698. The van der Waals surface area contributed by atoms with Crippen molar-refractivity contribution in [1.29, 1.82) is 0 Å². The number of benzene rings is 1. The van der Waals surface area contributed by atoms with E-state index in [4.69, 9.17) is 0 Å². The second kappa shape index (κ2) is 3.91. The molecule has 1 aliphatic rings. The first-order valence-corrected chi connectivity index (χ1v) is 5.48. The molecule has 0 bridgehead atoms. The molecule has 0 radical (unpaired) electrons. The molecule has 0 N–H and O–H groups in total. The zero-order valence-corrected chi connectivity index (χ0v) is 10.0. The van der Waals surface area contributed by atoms with Gasteiger partial charge < -0.3 is 17.0 Å². The Bertz CT molecular complexity index is 470. The Kier molecular flexibility index (Phi) is 2.79. The second-order valence-electron chi connectivity index (χ2n) is 3.23. The third kappa shape index (κ3) is 1.44. The highest BCUT2D eigenvalue weighted by molar-refractivity contribution is 7.99. The third-order valence-electron chi connectivity index (χ3n) is 2.46. The number of pyridine rings is 1. The molecule has 0 unspecified atom stereocenters. The highest BCUT2D eigenvalue weighted by Gasteiger charge is 2.21. The molecule has 1 nitrogen and oxygen atoms in total. The summed E-state index contributed by atoms with van der Waals surface area (Å²) in [6.45, 7) is 1.15. The minimum Gasteiger partial charge on any atom is -1.00 e. The minimum absolute atomic E-state index is 0. The number of halogens is 1.